The van der Waals surface area contributed by atoms with Gasteiger partial charge in [0.2, 0.25) is 0 Å². The van der Waals surface area contributed by atoms with Crippen LogP contribution < -0.4 is 11.1 Å². The van der Waals surface area contributed by atoms with Crippen LogP contribution in [0.5, 0.6) is 0 Å². The van der Waals surface area contributed by atoms with E-state index >= 15 is 0 Å². The Balaban J connectivity index is 2.64. The van der Waals surface area contributed by atoms with Crippen LogP contribution in [0.2, 0.25) is 0 Å². The molecular formula is C12H23N3O4. The minimum atomic E-state index is -0.538. The smallest absolute Gasteiger partial charge is 0.407 e. The maximum absolute atomic E-state index is 11.4. The average Bonchev–Trinajstić information content (AvgIpc) is 2.37. The van der Waals surface area contributed by atoms with E-state index in [0.29, 0.717) is 32.5 Å². The monoisotopic (exact) mass is 273 g/mol. The molecule has 3 amide bonds. The van der Waals surface area contributed by atoms with Crippen LogP contribution in [-0.2, 0) is 4.74 Å². The normalized spacial score (nSPS) is 24.7. The highest BCUT2D eigenvalue weighted by Crippen LogP contribution is 2.22. The Morgan fingerprint density at radius 1 is 1.47 bits per heavy atom. The molecule has 1 fully saturated rings. The summed E-state index contributed by atoms with van der Waals surface area (Å²) >= 11 is 0. The number of aliphatic hydroxyl groups excluding tert-OH is 1. The quantitative estimate of drug-likeness (QED) is 0.683. The van der Waals surface area contributed by atoms with Gasteiger partial charge in [0, 0.05) is 19.0 Å². The first-order valence-corrected chi connectivity index (χ1v) is 6.63. The van der Waals surface area contributed by atoms with Gasteiger partial charge < -0.3 is 25.8 Å². The van der Waals surface area contributed by atoms with Crippen LogP contribution >= 0.6 is 0 Å². The van der Waals surface area contributed by atoms with E-state index in [0.717, 1.165) is 0 Å². The van der Waals surface area contributed by atoms with Gasteiger partial charge in [-0.1, -0.05) is 6.92 Å². The number of rotatable bonds is 4. The summed E-state index contributed by atoms with van der Waals surface area (Å²) in [6, 6.07) is -0.782. The number of hydrogen-bond donors (Lipinski definition) is 3. The van der Waals surface area contributed by atoms with Crippen LogP contribution in [-0.4, -0.2) is 54.0 Å². The number of urea groups is 1. The molecular weight excluding hydrogens is 250 g/mol. The van der Waals surface area contributed by atoms with Crippen LogP contribution in [0, 0.1) is 5.92 Å². The zero-order valence-corrected chi connectivity index (χ0v) is 11.5. The number of primary amides is 1. The lowest BCUT2D eigenvalue weighted by molar-refractivity contribution is 0.0471. The van der Waals surface area contributed by atoms with Crippen LogP contribution in [0.4, 0.5) is 9.59 Å². The second kappa shape index (κ2) is 7.18. The highest BCUT2D eigenvalue weighted by Gasteiger charge is 2.33. The first-order valence-electron chi connectivity index (χ1n) is 6.63. The average molecular weight is 273 g/mol. The molecule has 0 saturated carbocycles. The summed E-state index contributed by atoms with van der Waals surface area (Å²) in [5.41, 5.74) is 5.28. The Hall–Kier alpha value is -1.50. The van der Waals surface area contributed by atoms with Gasteiger partial charge in [-0.25, -0.2) is 9.59 Å². The molecule has 0 aliphatic carbocycles. The summed E-state index contributed by atoms with van der Waals surface area (Å²) in [4.78, 5) is 24.1. The van der Waals surface area contributed by atoms with Gasteiger partial charge in [-0.15, -0.1) is 0 Å². The number of aliphatic hydroxyl groups is 1. The molecule has 0 radical (unpaired) electrons. The molecule has 0 aromatic rings. The van der Waals surface area contributed by atoms with Crippen molar-refractivity contribution in [1.82, 2.24) is 10.2 Å². The van der Waals surface area contributed by atoms with Crippen molar-refractivity contribution in [2.75, 3.05) is 19.7 Å². The van der Waals surface area contributed by atoms with Crippen LogP contribution in [0.3, 0.4) is 0 Å². The van der Waals surface area contributed by atoms with E-state index in [9.17, 15) is 14.7 Å². The summed E-state index contributed by atoms with van der Waals surface area (Å²) in [6.45, 7) is 4.66. The third-order valence-electron chi connectivity index (χ3n) is 3.35. The molecule has 1 heterocycles. The number of piperidine rings is 1. The third-order valence-corrected chi connectivity index (χ3v) is 3.35. The highest BCUT2D eigenvalue weighted by atomic mass is 16.5. The number of ether oxygens (including phenoxy) is 1. The molecule has 0 aromatic heterocycles. The predicted octanol–water partition coefficient (Wildman–Crippen LogP) is 0.273. The zero-order valence-electron chi connectivity index (χ0n) is 11.5. The van der Waals surface area contributed by atoms with Crippen molar-refractivity contribution < 1.29 is 19.4 Å². The first kappa shape index (κ1) is 15.6. The van der Waals surface area contributed by atoms with E-state index in [-0.39, 0.29) is 12.0 Å². The number of hydrogen-bond acceptors (Lipinski definition) is 4. The maximum atomic E-state index is 11.4. The molecule has 1 rings (SSSR count). The topological polar surface area (TPSA) is 105 Å². The number of amides is 3. The Labute approximate surface area is 113 Å². The highest BCUT2D eigenvalue weighted by molar-refractivity contribution is 5.72. The van der Waals surface area contributed by atoms with Gasteiger partial charge in [-0.05, 0) is 19.8 Å². The number of carbonyl (C=O) groups is 2. The molecule has 1 aliphatic rings. The summed E-state index contributed by atoms with van der Waals surface area (Å²) < 4.78 is 4.82. The van der Waals surface area contributed by atoms with Crippen LogP contribution in [0.15, 0.2) is 0 Å². The maximum Gasteiger partial charge on any atom is 0.407 e. The molecule has 3 atom stereocenters. The summed E-state index contributed by atoms with van der Waals surface area (Å²) in [5, 5.41) is 12.6. The van der Waals surface area contributed by atoms with Gasteiger partial charge in [-0.2, -0.15) is 0 Å². The van der Waals surface area contributed by atoms with Crippen molar-refractivity contribution in [3.05, 3.63) is 0 Å². The SMILES string of the molecule is CCOC(=O)NC1CC(C(O)CC)CN(C(N)=O)C1. The van der Waals surface area contributed by atoms with Gasteiger partial charge in [-0.3, -0.25) is 0 Å². The van der Waals surface area contributed by atoms with E-state index < -0.39 is 18.2 Å². The van der Waals surface area contributed by atoms with Gasteiger partial charge in [0.25, 0.3) is 0 Å². The van der Waals surface area contributed by atoms with Gasteiger partial charge >= 0.3 is 12.1 Å². The summed E-state index contributed by atoms with van der Waals surface area (Å²) in [7, 11) is 0. The largest absolute Gasteiger partial charge is 0.450 e. The summed E-state index contributed by atoms with van der Waals surface area (Å²) in [5.74, 6) is -0.0850. The Kier molecular flexibility index (Phi) is 5.88. The molecule has 3 unspecified atom stereocenters. The number of nitrogens with one attached hydrogen (secondary N) is 1. The van der Waals surface area contributed by atoms with Crippen molar-refractivity contribution >= 4 is 12.1 Å². The number of nitrogens with zero attached hydrogens (tertiary/aromatic N) is 1. The standard InChI is InChI=1S/C12H23N3O4/c1-3-10(16)8-5-9(14-12(18)19-4-2)7-15(6-8)11(13)17/h8-10,16H,3-7H2,1-2H3,(H2,13,17)(H,14,18). The van der Waals surface area contributed by atoms with Crippen molar-refractivity contribution in [1.29, 1.82) is 0 Å². The number of alkyl carbamates (subject to hydrolysis) is 1. The van der Waals surface area contributed by atoms with Gasteiger partial charge in [0.1, 0.15) is 0 Å². The predicted molar refractivity (Wildman–Crippen MR) is 69.5 cm³/mol. The van der Waals surface area contributed by atoms with Crippen molar-refractivity contribution in [2.24, 2.45) is 11.7 Å². The van der Waals surface area contributed by atoms with Crippen molar-refractivity contribution in [3.63, 3.8) is 0 Å². The van der Waals surface area contributed by atoms with E-state index in [1.165, 1.54) is 4.90 Å². The van der Waals surface area contributed by atoms with Crippen LogP contribution in [0.25, 0.3) is 0 Å². The van der Waals surface area contributed by atoms with Gasteiger partial charge in [0.05, 0.1) is 18.8 Å². The molecule has 1 saturated heterocycles. The molecule has 1 aliphatic heterocycles. The Morgan fingerprint density at radius 2 is 2.16 bits per heavy atom. The number of nitrogens with two attached hydrogens (primary N) is 1. The molecule has 110 valence electrons. The molecule has 0 aromatic carbocycles. The van der Waals surface area contributed by atoms with E-state index in [2.05, 4.69) is 5.32 Å². The third kappa shape index (κ3) is 4.59. The van der Waals surface area contributed by atoms with E-state index in [1.54, 1.807) is 6.92 Å². The molecule has 0 spiro atoms. The lowest BCUT2D eigenvalue weighted by atomic mass is 9.88. The Morgan fingerprint density at radius 3 is 2.68 bits per heavy atom. The molecule has 19 heavy (non-hydrogen) atoms. The first-order chi connectivity index (χ1) is 8.97. The van der Waals surface area contributed by atoms with E-state index in [1.807, 2.05) is 6.92 Å². The van der Waals surface area contributed by atoms with Crippen LogP contribution in [0.1, 0.15) is 26.7 Å². The molecule has 7 heteroatoms. The molecule has 0 bridgehead atoms. The lowest BCUT2D eigenvalue weighted by Crippen LogP contribution is -2.55. The number of likely N-dealkylation sites (tertiary alicyclic amines) is 1. The second-order valence-corrected chi connectivity index (χ2v) is 4.78. The fourth-order valence-corrected chi connectivity index (χ4v) is 2.37. The van der Waals surface area contributed by atoms with Gasteiger partial charge in [0.15, 0.2) is 0 Å². The minimum absolute atomic E-state index is 0.0850. The molecule has 4 N–H and O–H groups in total. The fraction of sp³-hybridized carbons (Fsp3) is 0.833. The molecule has 7 nitrogen and oxygen atoms in total. The Bertz CT molecular complexity index is 324. The summed E-state index contributed by atoms with van der Waals surface area (Å²) in [6.07, 6.45) is 0.193. The zero-order chi connectivity index (χ0) is 14.4. The number of carbonyl (C=O) groups excluding carboxylic acids is 2. The lowest BCUT2D eigenvalue weighted by Gasteiger charge is -2.38. The fourth-order valence-electron chi connectivity index (χ4n) is 2.37. The second-order valence-electron chi connectivity index (χ2n) is 4.78. The van der Waals surface area contributed by atoms with E-state index in [4.69, 9.17) is 10.5 Å². The van der Waals surface area contributed by atoms with Crippen molar-refractivity contribution in [2.45, 2.75) is 38.8 Å². The minimum Gasteiger partial charge on any atom is -0.450 e. The van der Waals surface area contributed by atoms with Crippen molar-refractivity contribution in [3.8, 4) is 0 Å².